The van der Waals surface area contributed by atoms with Gasteiger partial charge in [0.15, 0.2) is 0 Å². The summed E-state index contributed by atoms with van der Waals surface area (Å²) in [5.41, 5.74) is 3.29. The fraction of sp³-hybridized carbons (Fsp3) is 0.458. The molecule has 0 radical (unpaired) electrons. The molecule has 0 atom stereocenters. The molecule has 2 aliphatic rings. The van der Waals surface area contributed by atoms with Gasteiger partial charge in [0.25, 0.3) is 0 Å². The van der Waals surface area contributed by atoms with Gasteiger partial charge in [-0.3, -0.25) is 0 Å². The smallest absolute Gasteiger partial charge is 0.147 e. The van der Waals surface area contributed by atoms with Crippen LogP contribution in [0.25, 0.3) is 20.4 Å². The molecule has 9 heteroatoms. The first-order valence-electron chi connectivity index (χ1n) is 11.4. The summed E-state index contributed by atoms with van der Waals surface area (Å²) < 4.78 is 12.8. The number of fused-ring (bicyclic) bond motifs is 5. The number of piperazine rings is 1. The van der Waals surface area contributed by atoms with Crippen molar-refractivity contribution in [1.29, 1.82) is 0 Å². The summed E-state index contributed by atoms with van der Waals surface area (Å²) in [5, 5.41) is 4.58. The Kier molecular flexibility index (Phi) is 5.01. The first-order valence-corrected chi connectivity index (χ1v) is 12.2. The lowest BCUT2D eigenvalue weighted by atomic mass is 9.90. The standard InChI is InChI=1S/C24H28N6O2S/c1-24(2)11-16-17(13-32-24)22(30-8-6-29(3)7-9-30)28-23-18(16)19-20(33-23)21(27-14-26-19)25-12-15-5-4-10-31-15/h4-5,10,14H,6-9,11-13H2,1-3H3,(H,25,26,27). The van der Waals surface area contributed by atoms with E-state index in [2.05, 4.69) is 41.0 Å². The number of furan rings is 1. The van der Waals surface area contributed by atoms with E-state index in [1.54, 1.807) is 23.9 Å². The molecule has 0 spiro atoms. The Morgan fingerprint density at radius 3 is 2.79 bits per heavy atom. The van der Waals surface area contributed by atoms with Gasteiger partial charge in [0, 0.05) is 43.5 Å². The van der Waals surface area contributed by atoms with Gasteiger partial charge in [-0.25, -0.2) is 15.0 Å². The minimum absolute atomic E-state index is 0.220. The molecule has 33 heavy (non-hydrogen) atoms. The van der Waals surface area contributed by atoms with Gasteiger partial charge in [-0.15, -0.1) is 11.3 Å². The zero-order valence-electron chi connectivity index (χ0n) is 19.2. The van der Waals surface area contributed by atoms with Crippen LogP contribution in [0.15, 0.2) is 29.1 Å². The Bertz CT molecular complexity index is 1310. The molecule has 1 saturated heterocycles. The number of thiophene rings is 1. The zero-order chi connectivity index (χ0) is 22.6. The van der Waals surface area contributed by atoms with E-state index in [4.69, 9.17) is 19.1 Å². The summed E-state index contributed by atoms with van der Waals surface area (Å²) in [6.45, 7) is 9.52. The van der Waals surface area contributed by atoms with Crippen LogP contribution in [-0.2, 0) is 24.3 Å². The monoisotopic (exact) mass is 464 g/mol. The second-order valence-electron chi connectivity index (χ2n) is 9.52. The molecule has 4 aromatic rings. The van der Waals surface area contributed by atoms with Crippen LogP contribution in [0.4, 0.5) is 11.6 Å². The lowest BCUT2D eigenvalue weighted by Crippen LogP contribution is -2.45. The van der Waals surface area contributed by atoms with Gasteiger partial charge in [0.2, 0.25) is 0 Å². The van der Waals surface area contributed by atoms with Crippen molar-refractivity contribution in [3.05, 3.63) is 41.6 Å². The summed E-state index contributed by atoms with van der Waals surface area (Å²) in [7, 11) is 2.18. The van der Waals surface area contributed by atoms with E-state index >= 15 is 0 Å². The van der Waals surface area contributed by atoms with Crippen LogP contribution < -0.4 is 10.2 Å². The number of pyridine rings is 1. The van der Waals surface area contributed by atoms with Crippen LogP contribution in [0.3, 0.4) is 0 Å². The maximum Gasteiger partial charge on any atom is 0.147 e. The molecule has 0 saturated carbocycles. The fourth-order valence-electron chi connectivity index (χ4n) is 4.78. The summed E-state index contributed by atoms with van der Waals surface area (Å²) in [6.07, 6.45) is 4.17. The third kappa shape index (κ3) is 3.74. The molecule has 6 rings (SSSR count). The number of aromatic nitrogens is 3. The van der Waals surface area contributed by atoms with Crippen LogP contribution in [0.2, 0.25) is 0 Å². The second kappa shape index (κ2) is 7.93. The number of anilines is 2. The normalized spacial score (nSPS) is 18.7. The van der Waals surface area contributed by atoms with Gasteiger partial charge < -0.3 is 24.3 Å². The molecule has 8 nitrogen and oxygen atoms in total. The zero-order valence-corrected chi connectivity index (χ0v) is 20.0. The molecule has 0 bridgehead atoms. The molecule has 4 aromatic heterocycles. The highest BCUT2D eigenvalue weighted by Gasteiger charge is 2.33. The van der Waals surface area contributed by atoms with Crippen molar-refractivity contribution in [2.45, 2.75) is 39.0 Å². The van der Waals surface area contributed by atoms with Gasteiger partial charge in [-0.2, -0.15) is 0 Å². The highest BCUT2D eigenvalue weighted by atomic mass is 32.1. The lowest BCUT2D eigenvalue weighted by Gasteiger charge is -2.38. The summed E-state index contributed by atoms with van der Waals surface area (Å²) in [6, 6.07) is 3.85. The number of ether oxygens (including phenoxy) is 1. The van der Waals surface area contributed by atoms with E-state index in [1.165, 1.54) is 11.1 Å². The molecule has 1 fully saturated rings. The maximum atomic E-state index is 6.26. The number of nitrogens with one attached hydrogen (secondary N) is 1. The lowest BCUT2D eigenvalue weighted by molar-refractivity contribution is -0.0395. The van der Waals surface area contributed by atoms with Gasteiger partial charge in [0.05, 0.1) is 35.2 Å². The van der Waals surface area contributed by atoms with Crippen LogP contribution in [0.1, 0.15) is 30.7 Å². The summed E-state index contributed by atoms with van der Waals surface area (Å²) in [4.78, 5) is 20.3. The molecule has 0 aromatic carbocycles. The summed E-state index contributed by atoms with van der Waals surface area (Å²) >= 11 is 1.67. The van der Waals surface area contributed by atoms with Gasteiger partial charge in [-0.05, 0) is 38.6 Å². The Labute approximate surface area is 196 Å². The highest BCUT2D eigenvalue weighted by molar-refractivity contribution is 7.26. The van der Waals surface area contributed by atoms with Crippen molar-refractivity contribution in [2.75, 3.05) is 43.4 Å². The van der Waals surface area contributed by atoms with Crippen LogP contribution in [0, 0.1) is 0 Å². The van der Waals surface area contributed by atoms with Gasteiger partial charge in [0.1, 0.15) is 28.6 Å². The van der Waals surface area contributed by atoms with Crippen LogP contribution in [0.5, 0.6) is 0 Å². The molecule has 0 amide bonds. The van der Waals surface area contributed by atoms with Crippen molar-refractivity contribution >= 4 is 43.4 Å². The minimum atomic E-state index is -0.220. The van der Waals surface area contributed by atoms with E-state index in [-0.39, 0.29) is 5.60 Å². The van der Waals surface area contributed by atoms with Crippen LogP contribution >= 0.6 is 11.3 Å². The molecule has 0 aliphatic carbocycles. The van der Waals surface area contributed by atoms with Crippen molar-refractivity contribution in [1.82, 2.24) is 19.9 Å². The first kappa shape index (κ1) is 20.8. The topological polar surface area (TPSA) is 79.5 Å². The largest absolute Gasteiger partial charge is 0.467 e. The Hall–Kier alpha value is -2.75. The number of rotatable bonds is 4. The Morgan fingerprint density at radius 2 is 2.00 bits per heavy atom. The average Bonchev–Trinajstić information content (AvgIpc) is 3.45. The molecular weight excluding hydrogens is 436 g/mol. The van der Waals surface area contributed by atoms with Gasteiger partial charge in [-0.1, -0.05) is 0 Å². The van der Waals surface area contributed by atoms with E-state index in [1.807, 2.05) is 12.1 Å². The predicted molar refractivity (Wildman–Crippen MR) is 131 cm³/mol. The van der Waals surface area contributed by atoms with Crippen molar-refractivity contribution in [3.63, 3.8) is 0 Å². The highest BCUT2D eigenvalue weighted by Crippen LogP contribution is 2.44. The molecule has 1 N–H and O–H groups in total. The molecule has 2 aliphatic heterocycles. The Balaban J connectivity index is 1.50. The second-order valence-corrected chi connectivity index (χ2v) is 10.5. The Morgan fingerprint density at radius 1 is 1.15 bits per heavy atom. The van der Waals surface area contributed by atoms with Gasteiger partial charge >= 0.3 is 0 Å². The fourth-order valence-corrected chi connectivity index (χ4v) is 5.90. The average molecular weight is 465 g/mol. The van der Waals surface area contributed by atoms with E-state index in [0.717, 1.165) is 70.4 Å². The van der Waals surface area contributed by atoms with Crippen molar-refractivity contribution < 1.29 is 9.15 Å². The third-order valence-corrected chi connectivity index (χ3v) is 7.70. The van der Waals surface area contributed by atoms with Crippen molar-refractivity contribution in [3.8, 4) is 0 Å². The molecular formula is C24H28N6O2S. The van der Waals surface area contributed by atoms with E-state index < -0.39 is 0 Å². The number of nitrogens with zero attached hydrogens (tertiary/aromatic N) is 5. The number of hydrogen-bond acceptors (Lipinski definition) is 9. The maximum absolute atomic E-state index is 6.26. The minimum Gasteiger partial charge on any atom is -0.467 e. The molecule has 172 valence electrons. The molecule has 6 heterocycles. The SMILES string of the molecule is CN1CCN(c2nc3sc4c(NCc5ccco5)ncnc4c3c3c2COC(C)(C)C3)CC1. The van der Waals surface area contributed by atoms with E-state index in [0.29, 0.717) is 13.2 Å². The first-order chi connectivity index (χ1) is 16.0. The summed E-state index contributed by atoms with van der Waals surface area (Å²) in [5.74, 6) is 2.76. The van der Waals surface area contributed by atoms with Crippen molar-refractivity contribution in [2.24, 2.45) is 0 Å². The number of likely N-dealkylation sites (N-methyl/N-ethyl adjacent to an activating group) is 1. The third-order valence-electron chi connectivity index (χ3n) is 6.62. The molecule has 0 unspecified atom stereocenters. The number of hydrogen-bond donors (Lipinski definition) is 1. The van der Waals surface area contributed by atoms with E-state index in [9.17, 15) is 0 Å². The predicted octanol–water partition coefficient (Wildman–Crippen LogP) is 4.05. The van der Waals surface area contributed by atoms with Crippen LogP contribution in [-0.4, -0.2) is 58.7 Å². The quantitative estimate of drug-likeness (QED) is 0.485.